The molecule has 0 atom stereocenters. The van der Waals surface area contributed by atoms with Gasteiger partial charge in [0.2, 0.25) is 0 Å². The lowest BCUT2D eigenvalue weighted by Crippen LogP contribution is -2.09. The smallest absolute Gasteiger partial charge is 0.0645 e. The molecule has 240 valence electrons. The van der Waals surface area contributed by atoms with E-state index < -0.39 is 131 Å². The Morgan fingerprint density at radius 3 is 1.51 bits per heavy atom. The fourth-order valence-electron chi connectivity index (χ4n) is 6.11. The average Bonchev–Trinajstić information content (AvgIpc) is 3.34. The topological polar surface area (TPSA) is 3.24 Å². The number of nitrogens with zero attached hydrogens (tertiary/aromatic N) is 1. The van der Waals surface area contributed by atoms with Crippen molar-refractivity contribution in [2.45, 2.75) is 0 Å². The largest absolute Gasteiger partial charge is 0.311 e. The highest BCUT2D eigenvalue weighted by Crippen LogP contribution is 2.41. The van der Waals surface area contributed by atoms with Gasteiger partial charge in [0.1, 0.15) is 0 Å². The summed E-state index contributed by atoms with van der Waals surface area (Å²) >= 11 is 0. The molecule has 0 bridgehead atoms. The molecule has 0 spiro atoms. The van der Waals surface area contributed by atoms with Gasteiger partial charge in [-0.15, -0.1) is 0 Å². The summed E-state index contributed by atoms with van der Waals surface area (Å²) in [6.45, 7) is 0. The Hall–Kier alpha value is -6.70. The fraction of sp³-hybridized carbons (Fsp3) is 0. The zero-order chi connectivity index (χ0) is 48.8. The van der Waals surface area contributed by atoms with Crippen molar-refractivity contribution in [2.75, 3.05) is 4.90 Å². The van der Waals surface area contributed by atoms with E-state index in [-0.39, 0.29) is 11.1 Å². The van der Waals surface area contributed by atoms with Gasteiger partial charge in [0.15, 0.2) is 0 Å². The Morgan fingerprint density at radius 2 is 0.843 bits per heavy atom. The molecule has 1 nitrogen and oxygen atoms in total. The third kappa shape index (κ3) is 5.96. The van der Waals surface area contributed by atoms with Gasteiger partial charge in [-0.05, 0) is 108 Å². The number of hydrogen-bond acceptors (Lipinski definition) is 1. The molecule has 0 saturated heterocycles. The van der Waals surface area contributed by atoms with E-state index in [4.69, 9.17) is 6.85 Å². The first kappa shape index (κ1) is 17.3. The van der Waals surface area contributed by atoms with Crippen molar-refractivity contribution >= 4 is 38.6 Å². The van der Waals surface area contributed by atoms with Crippen molar-refractivity contribution in [1.29, 1.82) is 0 Å². The molecule has 9 aromatic rings. The van der Waals surface area contributed by atoms with E-state index in [0.717, 1.165) is 21.5 Å². The maximum atomic E-state index is 9.67. The summed E-state index contributed by atoms with van der Waals surface area (Å²) in [6.07, 6.45) is 0. The van der Waals surface area contributed by atoms with Crippen molar-refractivity contribution in [3.63, 3.8) is 0 Å². The molecule has 0 unspecified atom stereocenters. The van der Waals surface area contributed by atoms with Gasteiger partial charge in [-0.3, -0.25) is 0 Å². The van der Waals surface area contributed by atoms with Crippen LogP contribution in [-0.4, -0.2) is 0 Å². The quantitative estimate of drug-likeness (QED) is 0.164. The first-order chi connectivity index (χ1) is 32.4. The van der Waals surface area contributed by atoms with Gasteiger partial charge in [-0.2, -0.15) is 0 Å². The molecule has 0 fully saturated rings. The van der Waals surface area contributed by atoms with Crippen LogP contribution in [0.3, 0.4) is 0 Å². The Kier molecular flexibility index (Phi) is 4.51. The molecule has 0 saturated carbocycles. The number of rotatable bonds is 7. The van der Waals surface area contributed by atoms with Crippen LogP contribution in [0, 0.1) is 0 Å². The second kappa shape index (κ2) is 13.3. The summed E-state index contributed by atoms with van der Waals surface area (Å²) in [5, 5.41) is 3.16. The maximum absolute atomic E-state index is 9.67. The van der Waals surface area contributed by atoms with Crippen molar-refractivity contribution in [3.05, 3.63) is 212 Å². The van der Waals surface area contributed by atoms with Crippen LogP contribution in [-0.2, 0) is 0 Å². The van der Waals surface area contributed by atoms with Gasteiger partial charge in [0.25, 0.3) is 0 Å². The highest BCUT2D eigenvalue weighted by molar-refractivity contribution is 6.04. The summed E-state index contributed by atoms with van der Waals surface area (Å²) in [6, 6.07) is 19.0. The molecule has 0 radical (unpaired) electrons. The van der Waals surface area contributed by atoms with Gasteiger partial charge in [0.05, 0.1) is 23.3 Å². The highest BCUT2D eigenvalue weighted by atomic mass is 15.1. The Balaban J connectivity index is 1.38. The monoisotopic (exact) mass is 666 g/mol. The minimum atomic E-state index is -0.981. The molecule has 0 aromatic heterocycles. The lowest BCUT2D eigenvalue weighted by molar-refractivity contribution is 1.28. The van der Waals surface area contributed by atoms with E-state index in [1.165, 1.54) is 0 Å². The Bertz CT molecular complexity index is 3500. The van der Waals surface area contributed by atoms with Crippen LogP contribution in [0.25, 0.3) is 66.1 Å². The van der Waals surface area contributed by atoms with Gasteiger partial charge in [-0.1, -0.05) is 170 Å². The van der Waals surface area contributed by atoms with E-state index in [0.29, 0.717) is 27.2 Å². The summed E-state index contributed by atoms with van der Waals surface area (Å²) in [5.74, 6) is 0. The van der Waals surface area contributed by atoms with Gasteiger partial charge in [0, 0.05) is 17.1 Å². The predicted octanol–water partition coefficient (Wildman–Crippen LogP) is 14.1. The average molecular weight is 667 g/mol. The third-order valence-corrected chi connectivity index (χ3v) is 8.56. The highest BCUT2D eigenvalue weighted by Gasteiger charge is 2.16. The minimum absolute atomic E-state index is 0.134. The third-order valence-electron chi connectivity index (χ3n) is 8.56. The molecule has 0 amide bonds. The molecule has 0 aliphatic rings. The molecule has 0 aliphatic heterocycles. The standard InChI is InChI=1S/C50H35N/c1-3-11-36(12-4-1)38-21-28-45(29-22-38)51(46-30-23-39(24-31-46)44-20-19-37-13-7-8-17-43(37)35-44)47-32-25-41(26-33-47)49-34-27-40-14-9-10-18-48(40)50(49)42-15-5-2-6-16-42/h1-35H/i1D,3D,4D,11D,12D,21D,22D,23D,24D,25D,26D,28D,29D,30D,31D,32D,33D. The second-order valence-electron chi connectivity index (χ2n) is 11.6. The van der Waals surface area contributed by atoms with Crippen LogP contribution in [0.2, 0.25) is 0 Å². The van der Waals surface area contributed by atoms with Crippen LogP contribution < -0.4 is 4.90 Å². The second-order valence-corrected chi connectivity index (χ2v) is 11.6. The van der Waals surface area contributed by atoms with Crippen LogP contribution in [0.15, 0.2) is 212 Å². The molecule has 0 heterocycles. The van der Waals surface area contributed by atoms with Gasteiger partial charge >= 0.3 is 0 Å². The number of anilines is 3. The molecular formula is C50H35N. The van der Waals surface area contributed by atoms with E-state index >= 15 is 0 Å². The van der Waals surface area contributed by atoms with E-state index in [1.807, 2.05) is 72.8 Å². The number of benzene rings is 9. The van der Waals surface area contributed by atoms with E-state index in [1.54, 1.807) is 36.4 Å². The summed E-state index contributed by atoms with van der Waals surface area (Å²) in [5.41, 5.74) is -1.96. The lowest BCUT2D eigenvalue weighted by Gasteiger charge is -2.26. The van der Waals surface area contributed by atoms with Crippen molar-refractivity contribution in [2.24, 2.45) is 0 Å². The van der Waals surface area contributed by atoms with Crippen molar-refractivity contribution in [3.8, 4) is 44.5 Å². The predicted molar refractivity (Wildman–Crippen MR) is 218 cm³/mol. The number of hydrogen-bond donors (Lipinski definition) is 0. The molecule has 9 rings (SSSR count). The summed E-state index contributed by atoms with van der Waals surface area (Å²) in [4.78, 5) is 0.681. The van der Waals surface area contributed by atoms with Gasteiger partial charge < -0.3 is 4.90 Å². The molecule has 0 aliphatic carbocycles. The summed E-state index contributed by atoms with van der Waals surface area (Å²) < 4.78 is 155. The van der Waals surface area contributed by atoms with Crippen LogP contribution >= 0.6 is 0 Å². The lowest BCUT2D eigenvalue weighted by atomic mass is 9.90. The van der Waals surface area contributed by atoms with Crippen LogP contribution in [0.1, 0.15) is 23.3 Å². The maximum Gasteiger partial charge on any atom is 0.0645 e. The van der Waals surface area contributed by atoms with E-state index in [9.17, 15) is 16.4 Å². The molecule has 0 N–H and O–H groups in total. The zero-order valence-electron chi connectivity index (χ0n) is 43.8. The van der Waals surface area contributed by atoms with E-state index in [2.05, 4.69) is 0 Å². The first-order valence-corrected chi connectivity index (χ1v) is 16.1. The normalized spacial score (nSPS) is 15.8. The Morgan fingerprint density at radius 1 is 0.333 bits per heavy atom. The fourth-order valence-corrected chi connectivity index (χ4v) is 6.11. The molecule has 9 aromatic carbocycles. The van der Waals surface area contributed by atoms with Crippen molar-refractivity contribution in [1.82, 2.24) is 0 Å². The SMILES string of the molecule is [2H]c1c([2H])c([2H])c(-c2c([2H])c([2H])c(N(c3c([2H])c([2H])c(-c4ccc5ccccc5c4)c([2H])c3[2H])c3c([2H])c([2H])c(-c4ccc5ccccc5c4-c4ccccc4)c([2H])c3[2H])c([2H])c2[2H])c([2H])c1[2H]. The zero-order valence-corrected chi connectivity index (χ0v) is 26.8. The van der Waals surface area contributed by atoms with Crippen LogP contribution in [0.4, 0.5) is 17.1 Å². The molecule has 51 heavy (non-hydrogen) atoms. The summed E-state index contributed by atoms with van der Waals surface area (Å²) in [7, 11) is 0. The van der Waals surface area contributed by atoms with Crippen molar-refractivity contribution < 1.29 is 23.3 Å². The first-order valence-electron chi connectivity index (χ1n) is 24.6. The molecule has 1 heteroatoms. The van der Waals surface area contributed by atoms with Crippen LogP contribution in [0.5, 0.6) is 0 Å². The minimum Gasteiger partial charge on any atom is -0.311 e. The number of fused-ring (bicyclic) bond motifs is 2. The molecular weight excluding hydrogens is 615 g/mol. The van der Waals surface area contributed by atoms with Gasteiger partial charge in [-0.25, -0.2) is 0 Å². The Labute approximate surface area is 323 Å².